The number of anilines is 2. The van der Waals surface area contributed by atoms with Crippen molar-refractivity contribution in [3.63, 3.8) is 0 Å². The van der Waals surface area contributed by atoms with Crippen molar-refractivity contribution in [2.75, 3.05) is 42.6 Å². The average molecular weight is 519 g/mol. The molecule has 204 valence electrons. The number of benzene rings is 2. The van der Waals surface area contributed by atoms with Crippen LogP contribution in [0.3, 0.4) is 0 Å². The molecule has 0 bridgehead atoms. The van der Waals surface area contributed by atoms with E-state index in [1.54, 1.807) is 18.2 Å². The van der Waals surface area contributed by atoms with Crippen molar-refractivity contribution < 1.29 is 10.2 Å². The zero-order chi connectivity index (χ0) is 27.1. The molecule has 3 aliphatic heterocycles. The standard InChI is InChI=1S/C26H30N6O2.2C2H6/c33-17-22-13-18-5-1-2-6-20(18)15-32(22)26-28-24(19-7-3-9-23(34)14-19)27-25(29-26)31-12-11-30-10-4-8-21(30)16-31;2*1-2/h1-3,5-7,9,14,21-22,33-34H,4,8,10-13,15-17H2;2*1-2H3/t21?,22-;;/m1../s1. The van der Waals surface area contributed by atoms with E-state index in [1.165, 1.54) is 30.5 Å². The number of aliphatic hydroxyl groups excluding tert-OH is 1. The van der Waals surface area contributed by atoms with E-state index in [-0.39, 0.29) is 18.4 Å². The third-order valence-electron chi connectivity index (χ3n) is 7.41. The van der Waals surface area contributed by atoms with Gasteiger partial charge in [0.25, 0.3) is 0 Å². The molecule has 3 aromatic rings. The minimum absolute atomic E-state index is 0.0254. The lowest BCUT2D eigenvalue weighted by Crippen LogP contribution is -2.51. The summed E-state index contributed by atoms with van der Waals surface area (Å²) in [5, 5.41) is 20.3. The molecule has 0 radical (unpaired) electrons. The second-order valence-corrected chi connectivity index (χ2v) is 9.52. The van der Waals surface area contributed by atoms with Crippen LogP contribution >= 0.6 is 0 Å². The molecule has 0 saturated carbocycles. The van der Waals surface area contributed by atoms with Crippen molar-refractivity contribution in [3.05, 3.63) is 59.7 Å². The summed E-state index contributed by atoms with van der Waals surface area (Å²) in [6.07, 6.45) is 3.21. The summed E-state index contributed by atoms with van der Waals surface area (Å²) < 4.78 is 0. The molecule has 0 aliphatic carbocycles. The van der Waals surface area contributed by atoms with Gasteiger partial charge in [-0.2, -0.15) is 15.0 Å². The van der Waals surface area contributed by atoms with Gasteiger partial charge >= 0.3 is 0 Å². The Balaban J connectivity index is 0.000000804. The van der Waals surface area contributed by atoms with Crippen LogP contribution in [0.1, 0.15) is 51.7 Å². The normalized spacial score (nSPS) is 20.4. The van der Waals surface area contributed by atoms with Gasteiger partial charge in [-0.05, 0) is 49.1 Å². The molecule has 2 atom stereocenters. The van der Waals surface area contributed by atoms with Crippen LogP contribution in [0, 0.1) is 0 Å². The molecule has 0 amide bonds. The van der Waals surface area contributed by atoms with Gasteiger partial charge in [0.2, 0.25) is 11.9 Å². The fourth-order valence-electron chi connectivity index (χ4n) is 5.56. The number of nitrogens with zero attached hydrogens (tertiary/aromatic N) is 6. The number of rotatable bonds is 4. The molecule has 1 unspecified atom stereocenters. The predicted molar refractivity (Wildman–Crippen MR) is 154 cm³/mol. The molecule has 8 heteroatoms. The van der Waals surface area contributed by atoms with Crippen molar-refractivity contribution in [3.8, 4) is 17.1 Å². The topological polar surface area (TPSA) is 88.8 Å². The fourth-order valence-corrected chi connectivity index (χ4v) is 5.56. The van der Waals surface area contributed by atoms with Gasteiger partial charge in [0.15, 0.2) is 5.82 Å². The molecular weight excluding hydrogens is 476 g/mol. The van der Waals surface area contributed by atoms with E-state index in [4.69, 9.17) is 15.0 Å². The predicted octanol–water partition coefficient (Wildman–Crippen LogP) is 4.50. The second kappa shape index (κ2) is 13.0. The Bertz CT molecular complexity index is 1190. The number of hydrogen-bond acceptors (Lipinski definition) is 8. The van der Waals surface area contributed by atoms with E-state index >= 15 is 0 Å². The van der Waals surface area contributed by atoms with Gasteiger partial charge in [-0.15, -0.1) is 0 Å². The molecule has 2 aromatic carbocycles. The summed E-state index contributed by atoms with van der Waals surface area (Å²) >= 11 is 0. The van der Waals surface area contributed by atoms with Crippen molar-refractivity contribution >= 4 is 11.9 Å². The molecule has 6 rings (SSSR count). The van der Waals surface area contributed by atoms with E-state index in [0.717, 1.165) is 31.6 Å². The number of piperazine rings is 1. The summed E-state index contributed by atoms with van der Waals surface area (Å²) in [5.74, 6) is 1.97. The van der Waals surface area contributed by atoms with E-state index < -0.39 is 0 Å². The molecule has 2 fully saturated rings. The number of fused-ring (bicyclic) bond motifs is 2. The Hall–Kier alpha value is -3.23. The number of phenols is 1. The number of aromatic nitrogens is 3. The van der Waals surface area contributed by atoms with Crippen molar-refractivity contribution in [2.24, 2.45) is 0 Å². The Labute approximate surface area is 227 Å². The number of hydrogen-bond donors (Lipinski definition) is 2. The largest absolute Gasteiger partial charge is 0.508 e. The maximum absolute atomic E-state index is 10.2. The monoisotopic (exact) mass is 518 g/mol. The lowest BCUT2D eigenvalue weighted by atomic mass is 9.94. The summed E-state index contributed by atoms with van der Waals surface area (Å²) in [6.45, 7) is 12.7. The Kier molecular flexibility index (Phi) is 9.53. The molecule has 2 N–H and O–H groups in total. The van der Waals surface area contributed by atoms with E-state index in [0.29, 0.717) is 30.3 Å². The van der Waals surface area contributed by atoms with Crippen LogP contribution in [0.4, 0.5) is 11.9 Å². The lowest BCUT2D eigenvalue weighted by molar-refractivity contribution is 0.229. The van der Waals surface area contributed by atoms with Crippen LogP contribution in [-0.2, 0) is 13.0 Å². The third kappa shape index (κ3) is 5.92. The van der Waals surface area contributed by atoms with Crippen LogP contribution in [0.2, 0.25) is 0 Å². The number of phenolic OH excluding ortho intramolecular Hbond substituents is 1. The van der Waals surface area contributed by atoms with E-state index in [1.807, 2.05) is 45.9 Å². The minimum atomic E-state index is -0.103. The minimum Gasteiger partial charge on any atom is -0.508 e. The average Bonchev–Trinajstić information content (AvgIpc) is 3.46. The summed E-state index contributed by atoms with van der Waals surface area (Å²) in [5.41, 5.74) is 3.24. The van der Waals surface area contributed by atoms with Crippen molar-refractivity contribution in [1.29, 1.82) is 0 Å². The van der Waals surface area contributed by atoms with Crippen molar-refractivity contribution in [1.82, 2.24) is 19.9 Å². The molecule has 8 nitrogen and oxygen atoms in total. The van der Waals surface area contributed by atoms with Gasteiger partial charge in [0.05, 0.1) is 12.6 Å². The second-order valence-electron chi connectivity index (χ2n) is 9.52. The Morgan fingerprint density at radius 3 is 2.39 bits per heavy atom. The van der Waals surface area contributed by atoms with Gasteiger partial charge in [-0.1, -0.05) is 64.1 Å². The molecule has 3 aliphatic rings. The van der Waals surface area contributed by atoms with Gasteiger partial charge < -0.3 is 20.0 Å². The van der Waals surface area contributed by atoms with Crippen LogP contribution in [-0.4, -0.2) is 74.9 Å². The summed E-state index contributed by atoms with van der Waals surface area (Å²) in [4.78, 5) is 21.6. The van der Waals surface area contributed by atoms with Crippen molar-refractivity contribution in [2.45, 2.75) is 65.6 Å². The molecule has 38 heavy (non-hydrogen) atoms. The highest BCUT2D eigenvalue weighted by Gasteiger charge is 2.33. The first-order valence-corrected chi connectivity index (χ1v) is 14.2. The Morgan fingerprint density at radius 1 is 0.868 bits per heavy atom. The number of aliphatic hydroxyl groups is 1. The van der Waals surface area contributed by atoms with Crippen LogP contribution in [0.25, 0.3) is 11.4 Å². The SMILES string of the molecule is CC.CC.OC[C@H]1Cc2ccccc2CN1c1nc(-c2cccc(O)c2)nc(N2CCN3CCCC3C2)n1. The van der Waals surface area contributed by atoms with Gasteiger partial charge in [0, 0.05) is 37.8 Å². The quantitative estimate of drug-likeness (QED) is 0.522. The zero-order valence-corrected chi connectivity index (χ0v) is 23.2. The maximum atomic E-state index is 10.2. The number of aromatic hydroxyl groups is 1. The van der Waals surface area contributed by atoms with Gasteiger partial charge in [-0.3, -0.25) is 4.90 Å². The highest BCUT2D eigenvalue weighted by Crippen LogP contribution is 2.31. The Morgan fingerprint density at radius 2 is 1.63 bits per heavy atom. The van der Waals surface area contributed by atoms with Crippen LogP contribution in [0.15, 0.2) is 48.5 Å². The molecule has 1 aromatic heterocycles. The highest BCUT2D eigenvalue weighted by atomic mass is 16.3. The first-order valence-electron chi connectivity index (χ1n) is 14.2. The third-order valence-corrected chi connectivity index (χ3v) is 7.41. The van der Waals surface area contributed by atoms with Gasteiger partial charge in [-0.25, -0.2) is 0 Å². The van der Waals surface area contributed by atoms with E-state index in [9.17, 15) is 10.2 Å². The molecule has 0 spiro atoms. The first-order chi connectivity index (χ1) is 18.7. The first kappa shape index (κ1) is 27.8. The highest BCUT2D eigenvalue weighted by molar-refractivity contribution is 5.61. The zero-order valence-electron chi connectivity index (χ0n) is 23.2. The fraction of sp³-hybridized carbons (Fsp3) is 0.500. The van der Waals surface area contributed by atoms with Gasteiger partial charge in [0.1, 0.15) is 5.75 Å². The van der Waals surface area contributed by atoms with Crippen LogP contribution in [0.5, 0.6) is 5.75 Å². The summed E-state index contributed by atoms with van der Waals surface area (Å²) in [6, 6.07) is 15.9. The molecular formula is C30H42N6O2. The smallest absolute Gasteiger partial charge is 0.231 e. The van der Waals surface area contributed by atoms with Crippen LogP contribution < -0.4 is 9.80 Å². The molecule has 4 heterocycles. The summed E-state index contributed by atoms with van der Waals surface area (Å²) in [7, 11) is 0. The van der Waals surface area contributed by atoms with E-state index in [2.05, 4.69) is 26.8 Å². The maximum Gasteiger partial charge on any atom is 0.231 e. The lowest BCUT2D eigenvalue weighted by Gasteiger charge is -2.39. The molecule has 2 saturated heterocycles.